The van der Waals surface area contributed by atoms with Crippen molar-refractivity contribution in [1.82, 2.24) is 4.98 Å². The lowest BCUT2D eigenvalue weighted by Crippen LogP contribution is -1.97. The first-order valence-corrected chi connectivity index (χ1v) is 6.68. The van der Waals surface area contributed by atoms with Gasteiger partial charge in [-0.25, -0.2) is 4.98 Å². The first-order valence-electron chi connectivity index (χ1n) is 5.80. The summed E-state index contributed by atoms with van der Waals surface area (Å²) in [6.45, 7) is 4.12. The third-order valence-electron chi connectivity index (χ3n) is 2.77. The van der Waals surface area contributed by atoms with Gasteiger partial charge in [0.05, 0.1) is 17.1 Å². The van der Waals surface area contributed by atoms with Gasteiger partial charge in [-0.3, -0.25) is 4.79 Å². The topological polar surface area (TPSA) is 50.2 Å². The zero-order chi connectivity index (χ0) is 13.1. The molecule has 1 aromatic heterocycles. The molecule has 1 aromatic carbocycles. The molecule has 0 saturated heterocycles. The van der Waals surface area contributed by atoms with Crippen molar-refractivity contribution in [2.24, 2.45) is 0 Å². The first-order chi connectivity index (χ1) is 8.56. The summed E-state index contributed by atoms with van der Waals surface area (Å²) >= 11 is 1.53. The van der Waals surface area contributed by atoms with E-state index in [1.165, 1.54) is 22.5 Å². The summed E-state index contributed by atoms with van der Waals surface area (Å²) in [5, 5.41) is 11.5. The Morgan fingerprint density at radius 3 is 2.89 bits per heavy atom. The number of aryl methyl sites for hydroxylation is 3. The van der Waals surface area contributed by atoms with E-state index in [1.54, 1.807) is 0 Å². The summed E-state index contributed by atoms with van der Waals surface area (Å²) in [5.41, 5.74) is 4.47. The molecule has 0 atom stereocenters. The Kier molecular flexibility index (Phi) is 3.77. The fraction of sp³-hybridized carbons (Fsp3) is 0.286. The summed E-state index contributed by atoms with van der Waals surface area (Å²) in [6, 6.07) is 6.28. The largest absolute Gasteiger partial charge is 0.481 e. The van der Waals surface area contributed by atoms with Gasteiger partial charge in [0, 0.05) is 17.4 Å². The number of aliphatic carboxylic acids is 1. The van der Waals surface area contributed by atoms with Crippen LogP contribution in [0.1, 0.15) is 22.6 Å². The van der Waals surface area contributed by atoms with Crippen LogP contribution in [0.15, 0.2) is 23.6 Å². The average Bonchev–Trinajstić information content (AvgIpc) is 2.78. The number of thiazole rings is 1. The second kappa shape index (κ2) is 5.31. The number of rotatable bonds is 4. The van der Waals surface area contributed by atoms with E-state index < -0.39 is 5.97 Å². The molecule has 0 radical (unpaired) electrons. The Bertz CT molecular complexity index is 575. The summed E-state index contributed by atoms with van der Waals surface area (Å²) in [6.07, 6.45) is 0.643. The van der Waals surface area contributed by atoms with Gasteiger partial charge in [-0.15, -0.1) is 11.3 Å². The minimum Gasteiger partial charge on any atom is -0.481 e. The SMILES string of the molecule is Cc1ccc(C)c(-c2csc(CCC(=O)O)n2)c1. The Hall–Kier alpha value is -1.68. The maximum atomic E-state index is 10.5. The van der Waals surface area contributed by atoms with Crippen LogP contribution in [0.2, 0.25) is 0 Å². The van der Waals surface area contributed by atoms with Gasteiger partial charge in [0.25, 0.3) is 0 Å². The minimum atomic E-state index is -0.779. The standard InChI is InChI=1S/C14H15NO2S/c1-9-3-4-10(2)11(7-9)12-8-18-13(15-12)5-6-14(16)17/h3-4,7-8H,5-6H2,1-2H3,(H,16,17). The molecule has 0 aliphatic rings. The Morgan fingerprint density at radius 2 is 2.17 bits per heavy atom. The molecule has 0 saturated carbocycles. The van der Waals surface area contributed by atoms with Gasteiger partial charge in [-0.05, 0) is 25.5 Å². The van der Waals surface area contributed by atoms with Gasteiger partial charge in [-0.1, -0.05) is 17.7 Å². The van der Waals surface area contributed by atoms with Gasteiger partial charge in [0.2, 0.25) is 0 Å². The van der Waals surface area contributed by atoms with E-state index >= 15 is 0 Å². The maximum absolute atomic E-state index is 10.5. The summed E-state index contributed by atoms with van der Waals surface area (Å²) < 4.78 is 0. The van der Waals surface area contributed by atoms with Gasteiger partial charge in [-0.2, -0.15) is 0 Å². The van der Waals surface area contributed by atoms with Crippen LogP contribution in [0.5, 0.6) is 0 Å². The normalized spacial score (nSPS) is 10.6. The number of carboxylic acid groups (broad SMARTS) is 1. The molecular formula is C14H15NO2S. The monoisotopic (exact) mass is 261 g/mol. The third-order valence-corrected chi connectivity index (χ3v) is 3.68. The molecule has 3 nitrogen and oxygen atoms in total. The van der Waals surface area contributed by atoms with Crippen molar-refractivity contribution in [2.75, 3.05) is 0 Å². The molecule has 0 aliphatic heterocycles. The van der Waals surface area contributed by atoms with Crippen LogP contribution in [0.3, 0.4) is 0 Å². The molecule has 0 amide bonds. The molecule has 0 spiro atoms. The highest BCUT2D eigenvalue weighted by atomic mass is 32.1. The van der Waals surface area contributed by atoms with E-state index in [-0.39, 0.29) is 6.42 Å². The van der Waals surface area contributed by atoms with Crippen molar-refractivity contribution in [3.8, 4) is 11.3 Å². The fourth-order valence-corrected chi connectivity index (χ4v) is 2.57. The zero-order valence-corrected chi connectivity index (χ0v) is 11.3. The van der Waals surface area contributed by atoms with Crippen molar-refractivity contribution in [2.45, 2.75) is 26.7 Å². The number of nitrogens with zero attached hydrogens (tertiary/aromatic N) is 1. The highest BCUT2D eigenvalue weighted by Crippen LogP contribution is 2.26. The molecule has 94 valence electrons. The molecule has 1 N–H and O–H groups in total. The predicted molar refractivity (Wildman–Crippen MR) is 73.0 cm³/mol. The Balaban J connectivity index is 2.23. The van der Waals surface area contributed by atoms with E-state index in [0.717, 1.165) is 16.3 Å². The van der Waals surface area contributed by atoms with Crippen LogP contribution in [0.25, 0.3) is 11.3 Å². The lowest BCUT2D eigenvalue weighted by molar-refractivity contribution is -0.136. The number of hydrogen-bond acceptors (Lipinski definition) is 3. The fourth-order valence-electron chi connectivity index (χ4n) is 1.78. The molecule has 2 aromatic rings. The lowest BCUT2D eigenvalue weighted by Gasteiger charge is -2.03. The molecule has 18 heavy (non-hydrogen) atoms. The number of benzene rings is 1. The molecule has 0 aliphatic carbocycles. The molecule has 0 bridgehead atoms. The van der Waals surface area contributed by atoms with Gasteiger partial charge < -0.3 is 5.11 Å². The summed E-state index contributed by atoms with van der Waals surface area (Å²) in [7, 11) is 0. The number of carbonyl (C=O) groups is 1. The van der Waals surface area contributed by atoms with E-state index in [1.807, 2.05) is 5.38 Å². The molecule has 2 rings (SSSR count). The van der Waals surface area contributed by atoms with Crippen molar-refractivity contribution >= 4 is 17.3 Å². The van der Waals surface area contributed by atoms with Crippen LogP contribution in [0.4, 0.5) is 0 Å². The second-order valence-electron chi connectivity index (χ2n) is 4.34. The van der Waals surface area contributed by atoms with Crippen molar-refractivity contribution in [3.63, 3.8) is 0 Å². The number of aromatic nitrogens is 1. The van der Waals surface area contributed by atoms with Crippen LogP contribution in [-0.4, -0.2) is 16.1 Å². The molecule has 1 heterocycles. The van der Waals surface area contributed by atoms with Gasteiger partial charge >= 0.3 is 5.97 Å². The second-order valence-corrected chi connectivity index (χ2v) is 5.28. The number of hydrogen-bond donors (Lipinski definition) is 1. The average molecular weight is 261 g/mol. The van der Waals surface area contributed by atoms with E-state index in [9.17, 15) is 4.79 Å². The summed E-state index contributed by atoms with van der Waals surface area (Å²) in [5.74, 6) is -0.779. The van der Waals surface area contributed by atoms with Crippen LogP contribution in [-0.2, 0) is 11.2 Å². The predicted octanol–water partition coefficient (Wildman–Crippen LogP) is 3.44. The van der Waals surface area contributed by atoms with Crippen molar-refractivity contribution in [3.05, 3.63) is 39.7 Å². The van der Waals surface area contributed by atoms with Gasteiger partial charge in [0.1, 0.15) is 0 Å². The van der Waals surface area contributed by atoms with Crippen molar-refractivity contribution < 1.29 is 9.90 Å². The third kappa shape index (κ3) is 2.96. The molecule has 0 unspecified atom stereocenters. The van der Waals surface area contributed by atoms with E-state index in [4.69, 9.17) is 5.11 Å². The summed E-state index contributed by atoms with van der Waals surface area (Å²) in [4.78, 5) is 15.0. The number of carboxylic acids is 1. The van der Waals surface area contributed by atoms with Gasteiger partial charge in [0.15, 0.2) is 0 Å². The smallest absolute Gasteiger partial charge is 0.303 e. The van der Waals surface area contributed by atoms with Crippen LogP contribution >= 0.6 is 11.3 Å². The van der Waals surface area contributed by atoms with Crippen molar-refractivity contribution in [1.29, 1.82) is 0 Å². The maximum Gasteiger partial charge on any atom is 0.303 e. The highest BCUT2D eigenvalue weighted by Gasteiger charge is 2.08. The van der Waals surface area contributed by atoms with E-state index in [2.05, 4.69) is 37.0 Å². The lowest BCUT2D eigenvalue weighted by atomic mass is 10.0. The van der Waals surface area contributed by atoms with Crippen LogP contribution in [0, 0.1) is 13.8 Å². The van der Waals surface area contributed by atoms with E-state index in [0.29, 0.717) is 6.42 Å². The quantitative estimate of drug-likeness (QED) is 0.917. The molecule has 0 fully saturated rings. The molecular weight excluding hydrogens is 246 g/mol. The Labute approximate surface area is 110 Å². The Morgan fingerprint density at radius 1 is 1.39 bits per heavy atom. The molecule has 4 heteroatoms. The highest BCUT2D eigenvalue weighted by molar-refractivity contribution is 7.09. The zero-order valence-electron chi connectivity index (χ0n) is 10.4. The van der Waals surface area contributed by atoms with Crippen LogP contribution < -0.4 is 0 Å². The first kappa shape index (κ1) is 12.8. The minimum absolute atomic E-state index is 0.139.